The molecule has 2 rings (SSSR count). The largest absolute Gasteiger partial charge is 0.497 e. The molecular formula is C17H27NO3S. The average molecular weight is 325 g/mol. The van der Waals surface area contributed by atoms with Crippen LogP contribution in [-0.4, -0.2) is 33.7 Å². The van der Waals surface area contributed by atoms with Gasteiger partial charge < -0.3 is 14.6 Å². The van der Waals surface area contributed by atoms with E-state index < -0.39 is 11.1 Å². The fourth-order valence-electron chi connectivity index (χ4n) is 3.33. The number of rotatable bonds is 8. The Labute approximate surface area is 135 Å². The summed E-state index contributed by atoms with van der Waals surface area (Å²) in [5.41, 5.74) is 1.46. The van der Waals surface area contributed by atoms with Gasteiger partial charge in [-0.3, -0.25) is 0 Å². The van der Waals surface area contributed by atoms with Gasteiger partial charge in [0.1, 0.15) is 5.75 Å². The molecule has 0 spiro atoms. The van der Waals surface area contributed by atoms with Gasteiger partial charge in [-0.25, -0.2) is 4.21 Å². The Kier molecular flexibility index (Phi) is 6.86. The molecule has 1 unspecified atom stereocenters. The highest BCUT2D eigenvalue weighted by atomic mass is 32.2. The first-order chi connectivity index (χ1) is 10.6. The molecule has 0 heterocycles. The van der Waals surface area contributed by atoms with E-state index in [1.807, 2.05) is 12.1 Å². The maximum atomic E-state index is 10.8. The van der Waals surface area contributed by atoms with Crippen molar-refractivity contribution in [3.8, 4) is 5.75 Å². The van der Waals surface area contributed by atoms with Crippen molar-refractivity contribution in [2.45, 2.75) is 50.5 Å². The first-order valence-corrected chi connectivity index (χ1v) is 9.37. The Morgan fingerprint density at radius 3 is 2.50 bits per heavy atom. The number of hydrogen-bond acceptors (Lipinski definition) is 3. The summed E-state index contributed by atoms with van der Waals surface area (Å²) in [6.45, 7) is 0.808. The van der Waals surface area contributed by atoms with Gasteiger partial charge in [0.05, 0.1) is 12.9 Å². The molecule has 0 saturated heterocycles. The van der Waals surface area contributed by atoms with Gasteiger partial charge in [-0.05, 0) is 49.9 Å². The van der Waals surface area contributed by atoms with Crippen LogP contribution in [0.2, 0.25) is 0 Å². The summed E-state index contributed by atoms with van der Waals surface area (Å²) in [5.74, 6) is 1.24. The molecule has 0 aliphatic heterocycles. The molecule has 1 aromatic carbocycles. The van der Waals surface area contributed by atoms with E-state index >= 15 is 0 Å². The Bertz CT molecular complexity index is 469. The molecule has 22 heavy (non-hydrogen) atoms. The van der Waals surface area contributed by atoms with E-state index in [4.69, 9.17) is 9.29 Å². The van der Waals surface area contributed by atoms with E-state index in [9.17, 15) is 4.21 Å². The molecule has 0 radical (unpaired) electrons. The monoisotopic (exact) mass is 325 g/mol. The van der Waals surface area contributed by atoms with Crippen LogP contribution < -0.4 is 10.1 Å². The maximum absolute atomic E-state index is 10.8. The van der Waals surface area contributed by atoms with Crippen molar-refractivity contribution in [2.24, 2.45) is 0 Å². The predicted octanol–water partition coefficient (Wildman–Crippen LogP) is 3.14. The third-order valence-electron chi connectivity index (χ3n) is 4.51. The van der Waals surface area contributed by atoms with Crippen LogP contribution in [0.3, 0.4) is 0 Å². The lowest BCUT2D eigenvalue weighted by atomic mass is 9.77. The minimum Gasteiger partial charge on any atom is -0.497 e. The second kappa shape index (κ2) is 8.65. The SMILES string of the molecule is COc1ccc(CC2(NCCCS(=O)O)CCCCC2)cc1. The van der Waals surface area contributed by atoms with Crippen molar-refractivity contribution in [1.82, 2.24) is 5.32 Å². The summed E-state index contributed by atoms with van der Waals surface area (Å²) >= 11 is -1.68. The first-order valence-electron chi connectivity index (χ1n) is 8.09. The quantitative estimate of drug-likeness (QED) is 0.569. The predicted molar refractivity (Wildman–Crippen MR) is 90.8 cm³/mol. The van der Waals surface area contributed by atoms with Crippen molar-refractivity contribution in [2.75, 3.05) is 19.4 Å². The highest BCUT2D eigenvalue weighted by Gasteiger charge is 2.31. The molecular weight excluding hydrogens is 298 g/mol. The van der Waals surface area contributed by atoms with Crippen LogP contribution in [-0.2, 0) is 17.5 Å². The Morgan fingerprint density at radius 2 is 1.91 bits per heavy atom. The lowest BCUT2D eigenvalue weighted by Gasteiger charge is -2.39. The zero-order valence-electron chi connectivity index (χ0n) is 13.3. The van der Waals surface area contributed by atoms with Gasteiger partial charge in [-0.15, -0.1) is 0 Å². The van der Waals surface area contributed by atoms with Gasteiger partial charge in [-0.1, -0.05) is 31.4 Å². The van der Waals surface area contributed by atoms with Crippen molar-refractivity contribution >= 4 is 11.1 Å². The third-order valence-corrected chi connectivity index (χ3v) is 5.15. The molecule has 1 atom stereocenters. The second-order valence-corrected chi connectivity index (χ2v) is 7.22. The number of nitrogens with one attached hydrogen (secondary N) is 1. The molecule has 1 aromatic rings. The van der Waals surface area contributed by atoms with E-state index in [0.717, 1.165) is 25.1 Å². The second-order valence-electron chi connectivity index (χ2n) is 6.17. The van der Waals surface area contributed by atoms with Crippen LogP contribution in [0.15, 0.2) is 24.3 Å². The van der Waals surface area contributed by atoms with E-state index in [1.165, 1.54) is 37.7 Å². The van der Waals surface area contributed by atoms with Gasteiger partial charge in [0.2, 0.25) is 0 Å². The van der Waals surface area contributed by atoms with Crippen LogP contribution in [0.5, 0.6) is 5.75 Å². The normalized spacial score (nSPS) is 18.8. The Hall–Kier alpha value is -0.910. The number of methoxy groups -OCH3 is 1. The molecule has 2 N–H and O–H groups in total. The van der Waals surface area contributed by atoms with Crippen molar-refractivity contribution in [3.63, 3.8) is 0 Å². The van der Waals surface area contributed by atoms with Crippen molar-refractivity contribution in [1.29, 1.82) is 0 Å². The van der Waals surface area contributed by atoms with Crippen molar-refractivity contribution < 1.29 is 13.5 Å². The summed E-state index contributed by atoms with van der Waals surface area (Å²) in [5, 5.41) is 3.69. The molecule has 0 bridgehead atoms. The van der Waals surface area contributed by atoms with Gasteiger partial charge >= 0.3 is 0 Å². The molecule has 5 heteroatoms. The van der Waals surface area contributed by atoms with E-state index in [1.54, 1.807) is 7.11 Å². The molecule has 124 valence electrons. The zero-order chi connectivity index (χ0) is 15.8. The lowest BCUT2D eigenvalue weighted by Crippen LogP contribution is -2.49. The van der Waals surface area contributed by atoms with Crippen LogP contribution in [0.25, 0.3) is 0 Å². The van der Waals surface area contributed by atoms with E-state index in [0.29, 0.717) is 5.75 Å². The van der Waals surface area contributed by atoms with Gasteiger partial charge in [-0.2, -0.15) is 0 Å². The number of ether oxygens (including phenoxy) is 1. The molecule has 1 saturated carbocycles. The fraction of sp³-hybridized carbons (Fsp3) is 0.647. The molecule has 1 aliphatic carbocycles. The number of hydrogen-bond donors (Lipinski definition) is 2. The van der Waals surface area contributed by atoms with Gasteiger partial charge in [0.25, 0.3) is 0 Å². The fourth-order valence-corrected chi connectivity index (χ4v) is 3.72. The van der Waals surface area contributed by atoms with Gasteiger partial charge in [0.15, 0.2) is 11.1 Å². The Morgan fingerprint density at radius 1 is 1.23 bits per heavy atom. The lowest BCUT2D eigenvalue weighted by molar-refractivity contribution is 0.230. The van der Waals surface area contributed by atoms with Gasteiger partial charge in [0, 0.05) is 5.54 Å². The first kappa shape index (κ1) is 17.4. The summed E-state index contributed by atoms with van der Waals surface area (Å²) in [4.78, 5) is 0. The maximum Gasteiger partial charge on any atom is 0.152 e. The van der Waals surface area contributed by atoms with Crippen LogP contribution in [0.4, 0.5) is 0 Å². The van der Waals surface area contributed by atoms with Crippen LogP contribution >= 0.6 is 0 Å². The topological polar surface area (TPSA) is 58.6 Å². The number of benzene rings is 1. The third kappa shape index (κ3) is 5.38. The molecule has 4 nitrogen and oxygen atoms in total. The highest BCUT2D eigenvalue weighted by Crippen LogP contribution is 2.31. The van der Waals surface area contributed by atoms with Crippen molar-refractivity contribution in [3.05, 3.63) is 29.8 Å². The molecule has 0 amide bonds. The zero-order valence-corrected chi connectivity index (χ0v) is 14.2. The summed E-state index contributed by atoms with van der Waals surface area (Å²) in [7, 11) is 1.68. The van der Waals surface area contributed by atoms with E-state index in [2.05, 4.69) is 17.4 Å². The van der Waals surface area contributed by atoms with E-state index in [-0.39, 0.29) is 5.54 Å². The minimum absolute atomic E-state index is 0.143. The minimum atomic E-state index is -1.68. The highest BCUT2D eigenvalue weighted by molar-refractivity contribution is 7.79. The molecule has 1 aliphatic rings. The standard InChI is InChI=1S/C17H27NO3S/c1-21-16-8-6-15(7-9-16)14-17(10-3-2-4-11-17)18-12-5-13-22(19)20/h6-9,18H,2-5,10-14H2,1H3,(H,19,20). The van der Waals surface area contributed by atoms with Crippen LogP contribution in [0, 0.1) is 0 Å². The average Bonchev–Trinajstić information content (AvgIpc) is 2.53. The summed E-state index contributed by atoms with van der Waals surface area (Å²) in [6, 6.07) is 8.31. The van der Waals surface area contributed by atoms with Crippen LogP contribution in [0.1, 0.15) is 44.1 Å². The smallest absolute Gasteiger partial charge is 0.152 e. The summed E-state index contributed by atoms with van der Waals surface area (Å²) in [6.07, 6.45) is 7.95. The molecule has 1 fully saturated rings. The summed E-state index contributed by atoms with van der Waals surface area (Å²) < 4.78 is 24.8. The molecule has 0 aromatic heterocycles. The Balaban J connectivity index is 1.96.